The fraction of sp³-hybridized carbons (Fsp3) is 0.667. The molecular formula is C12H22N4. The number of nitrogen functional groups attached to an aromatic ring is 1. The number of hydrogen-bond acceptors (Lipinski definition) is 4. The fourth-order valence-electron chi connectivity index (χ4n) is 1.62. The molecule has 1 heterocycles. The van der Waals surface area contributed by atoms with Crippen LogP contribution < -0.4 is 11.1 Å². The van der Waals surface area contributed by atoms with E-state index >= 15 is 0 Å². The zero-order chi connectivity index (χ0) is 12.1. The molecule has 0 fully saturated rings. The van der Waals surface area contributed by atoms with E-state index in [1.165, 1.54) is 0 Å². The molecule has 90 valence electrons. The summed E-state index contributed by atoms with van der Waals surface area (Å²) < 4.78 is 0. The van der Waals surface area contributed by atoms with Crippen LogP contribution in [0.4, 0.5) is 11.6 Å². The quantitative estimate of drug-likeness (QED) is 0.803. The summed E-state index contributed by atoms with van der Waals surface area (Å²) in [6, 6.07) is 0.419. The summed E-state index contributed by atoms with van der Waals surface area (Å²) in [6.45, 7) is 8.32. The highest BCUT2D eigenvalue weighted by molar-refractivity contribution is 5.55. The monoisotopic (exact) mass is 222 g/mol. The smallest absolute Gasteiger partial charge is 0.134 e. The molecule has 0 aliphatic carbocycles. The third-order valence-corrected chi connectivity index (χ3v) is 2.65. The number of aryl methyl sites for hydroxylation is 1. The van der Waals surface area contributed by atoms with Crippen LogP contribution in [0, 0.1) is 6.92 Å². The van der Waals surface area contributed by atoms with Crippen molar-refractivity contribution in [3.05, 3.63) is 11.4 Å². The van der Waals surface area contributed by atoms with E-state index in [1.54, 1.807) is 0 Å². The molecule has 0 aliphatic heterocycles. The van der Waals surface area contributed by atoms with Crippen LogP contribution in [0.3, 0.4) is 0 Å². The summed E-state index contributed by atoms with van der Waals surface area (Å²) >= 11 is 0. The Kier molecular flexibility index (Phi) is 4.52. The van der Waals surface area contributed by atoms with Crippen LogP contribution in [-0.4, -0.2) is 16.0 Å². The molecule has 0 aromatic carbocycles. The van der Waals surface area contributed by atoms with Crippen molar-refractivity contribution < 1.29 is 0 Å². The van der Waals surface area contributed by atoms with Gasteiger partial charge in [-0.3, -0.25) is 0 Å². The molecule has 0 saturated carbocycles. The maximum atomic E-state index is 5.86. The second-order valence-corrected chi connectivity index (χ2v) is 4.19. The lowest BCUT2D eigenvalue weighted by Gasteiger charge is -2.16. The number of rotatable bonds is 5. The number of hydrogen-bond donors (Lipinski definition) is 2. The first kappa shape index (κ1) is 12.7. The van der Waals surface area contributed by atoms with E-state index in [4.69, 9.17) is 5.73 Å². The average Bonchev–Trinajstić information content (AvgIpc) is 2.24. The van der Waals surface area contributed by atoms with Crippen molar-refractivity contribution in [2.75, 3.05) is 11.1 Å². The van der Waals surface area contributed by atoms with Gasteiger partial charge in [0.1, 0.15) is 17.5 Å². The fourth-order valence-corrected chi connectivity index (χ4v) is 1.62. The molecule has 3 N–H and O–H groups in total. The molecule has 0 saturated heterocycles. The van der Waals surface area contributed by atoms with Crippen molar-refractivity contribution >= 4 is 11.6 Å². The summed E-state index contributed by atoms with van der Waals surface area (Å²) in [7, 11) is 0. The van der Waals surface area contributed by atoms with Gasteiger partial charge in [-0.2, -0.15) is 0 Å². The minimum absolute atomic E-state index is 0.419. The highest BCUT2D eigenvalue weighted by Gasteiger charge is 2.09. The Morgan fingerprint density at radius 3 is 2.56 bits per heavy atom. The largest absolute Gasteiger partial charge is 0.383 e. The standard InChI is InChI=1S/C12H22N4/c1-5-7-8(3)14-12-9(4)11(13)15-10(6-2)16-12/h8H,5-7H2,1-4H3,(H3,13,14,15,16). The molecule has 0 bridgehead atoms. The maximum absolute atomic E-state index is 5.86. The normalized spacial score (nSPS) is 12.5. The molecule has 1 aromatic rings. The lowest BCUT2D eigenvalue weighted by Crippen LogP contribution is -2.18. The zero-order valence-corrected chi connectivity index (χ0v) is 10.7. The van der Waals surface area contributed by atoms with Gasteiger partial charge in [0.15, 0.2) is 0 Å². The molecule has 4 heteroatoms. The molecule has 1 rings (SSSR count). The van der Waals surface area contributed by atoms with E-state index in [0.29, 0.717) is 11.9 Å². The van der Waals surface area contributed by atoms with Crippen molar-refractivity contribution in [3.8, 4) is 0 Å². The van der Waals surface area contributed by atoms with Gasteiger partial charge < -0.3 is 11.1 Å². The Morgan fingerprint density at radius 2 is 2.00 bits per heavy atom. The predicted octanol–water partition coefficient (Wildman–Crippen LogP) is 2.53. The van der Waals surface area contributed by atoms with Crippen LogP contribution in [0.25, 0.3) is 0 Å². The number of nitrogens with zero attached hydrogens (tertiary/aromatic N) is 2. The van der Waals surface area contributed by atoms with Gasteiger partial charge in [-0.15, -0.1) is 0 Å². The van der Waals surface area contributed by atoms with Crippen molar-refractivity contribution in [1.29, 1.82) is 0 Å². The van der Waals surface area contributed by atoms with Gasteiger partial charge in [0, 0.05) is 18.0 Å². The van der Waals surface area contributed by atoms with Crippen molar-refractivity contribution in [3.63, 3.8) is 0 Å². The molecule has 0 aliphatic rings. The van der Waals surface area contributed by atoms with Crippen LogP contribution in [0.1, 0.15) is 45.0 Å². The molecule has 1 unspecified atom stereocenters. The van der Waals surface area contributed by atoms with E-state index in [1.807, 2.05) is 13.8 Å². The first-order valence-corrected chi connectivity index (χ1v) is 5.98. The Bertz CT molecular complexity index is 349. The van der Waals surface area contributed by atoms with Gasteiger partial charge >= 0.3 is 0 Å². The first-order chi connectivity index (χ1) is 7.58. The zero-order valence-electron chi connectivity index (χ0n) is 10.7. The number of aromatic nitrogens is 2. The second-order valence-electron chi connectivity index (χ2n) is 4.19. The van der Waals surface area contributed by atoms with Gasteiger partial charge in [0.25, 0.3) is 0 Å². The molecule has 1 aromatic heterocycles. The number of anilines is 2. The van der Waals surface area contributed by atoms with Crippen LogP contribution in [0.2, 0.25) is 0 Å². The summed E-state index contributed by atoms with van der Waals surface area (Å²) in [5, 5.41) is 3.40. The van der Waals surface area contributed by atoms with Gasteiger partial charge in [0.05, 0.1) is 0 Å². The number of nitrogens with one attached hydrogen (secondary N) is 1. The van der Waals surface area contributed by atoms with Crippen LogP contribution in [0.5, 0.6) is 0 Å². The van der Waals surface area contributed by atoms with E-state index in [2.05, 4.69) is 29.1 Å². The Morgan fingerprint density at radius 1 is 1.31 bits per heavy atom. The van der Waals surface area contributed by atoms with Gasteiger partial charge in [-0.1, -0.05) is 20.3 Å². The molecule has 16 heavy (non-hydrogen) atoms. The summed E-state index contributed by atoms with van der Waals surface area (Å²) in [5.41, 5.74) is 6.80. The first-order valence-electron chi connectivity index (χ1n) is 5.98. The summed E-state index contributed by atoms with van der Waals surface area (Å²) in [5.74, 6) is 2.26. The maximum Gasteiger partial charge on any atom is 0.134 e. The molecule has 1 atom stereocenters. The van der Waals surface area contributed by atoms with Gasteiger partial charge in [-0.05, 0) is 20.3 Å². The van der Waals surface area contributed by atoms with Crippen LogP contribution in [0.15, 0.2) is 0 Å². The predicted molar refractivity (Wildman–Crippen MR) is 68.6 cm³/mol. The highest BCUT2D eigenvalue weighted by Crippen LogP contribution is 2.19. The summed E-state index contributed by atoms with van der Waals surface area (Å²) in [6.07, 6.45) is 3.10. The van der Waals surface area contributed by atoms with E-state index in [-0.39, 0.29) is 0 Å². The van der Waals surface area contributed by atoms with Crippen molar-refractivity contribution in [2.24, 2.45) is 0 Å². The van der Waals surface area contributed by atoms with Crippen molar-refractivity contribution in [1.82, 2.24) is 9.97 Å². The molecular weight excluding hydrogens is 200 g/mol. The molecule has 0 spiro atoms. The van der Waals surface area contributed by atoms with E-state index in [9.17, 15) is 0 Å². The van der Waals surface area contributed by atoms with Crippen LogP contribution in [-0.2, 0) is 6.42 Å². The average molecular weight is 222 g/mol. The third-order valence-electron chi connectivity index (χ3n) is 2.65. The van der Waals surface area contributed by atoms with Gasteiger partial charge in [0.2, 0.25) is 0 Å². The molecule has 4 nitrogen and oxygen atoms in total. The van der Waals surface area contributed by atoms with E-state index < -0.39 is 0 Å². The Balaban J connectivity index is 2.89. The van der Waals surface area contributed by atoms with E-state index in [0.717, 1.165) is 36.5 Å². The van der Waals surface area contributed by atoms with Crippen LogP contribution >= 0.6 is 0 Å². The topological polar surface area (TPSA) is 63.8 Å². The number of nitrogens with two attached hydrogens (primary N) is 1. The SMILES string of the molecule is CCCC(C)Nc1nc(CC)nc(N)c1C. The van der Waals surface area contributed by atoms with Crippen molar-refractivity contribution in [2.45, 2.75) is 53.0 Å². The molecule has 0 radical (unpaired) electrons. The summed E-state index contributed by atoms with van der Waals surface area (Å²) in [4.78, 5) is 8.70. The Labute approximate surface area is 97.7 Å². The minimum atomic E-state index is 0.419. The van der Waals surface area contributed by atoms with Gasteiger partial charge in [-0.25, -0.2) is 9.97 Å². The lowest BCUT2D eigenvalue weighted by molar-refractivity contribution is 0.685. The Hall–Kier alpha value is -1.32. The molecule has 0 amide bonds. The lowest BCUT2D eigenvalue weighted by atomic mass is 10.2. The third kappa shape index (κ3) is 3.08. The second kappa shape index (κ2) is 5.68. The highest BCUT2D eigenvalue weighted by atomic mass is 15.1. The minimum Gasteiger partial charge on any atom is -0.383 e.